The molecule has 7 nitrogen and oxygen atoms in total. The van der Waals surface area contributed by atoms with Crippen molar-refractivity contribution < 1.29 is 27.2 Å². The number of aryl methyl sites for hydroxylation is 3. The number of anilines is 1. The van der Waals surface area contributed by atoms with Crippen molar-refractivity contribution in [3.8, 4) is 5.75 Å². The predicted molar refractivity (Wildman–Crippen MR) is 105 cm³/mol. The number of halogens is 3. The molecule has 10 heteroatoms. The molecule has 3 heterocycles. The highest BCUT2D eigenvalue weighted by molar-refractivity contribution is 6.05. The lowest BCUT2D eigenvalue weighted by Crippen LogP contribution is -2.43. The highest BCUT2D eigenvalue weighted by atomic mass is 19.4. The average Bonchev–Trinajstić information content (AvgIpc) is 3.27. The van der Waals surface area contributed by atoms with Crippen LogP contribution in [0.15, 0.2) is 34.9 Å². The largest absolute Gasteiger partial charge is 0.488 e. The van der Waals surface area contributed by atoms with Gasteiger partial charge in [0.05, 0.1) is 11.3 Å². The predicted octanol–water partition coefficient (Wildman–Crippen LogP) is 4.53. The smallest absolute Gasteiger partial charge is 0.410 e. The SMILES string of the molecule is Cc1cc2n(n1)C(C(F)(F)F)CCN2C(=O)c1noc(C)c1COc1ccccc1C. The maximum absolute atomic E-state index is 13.4. The number of rotatable bonds is 4. The van der Waals surface area contributed by atoms with Crippen LogP contribution in [0.5, 0.6) is 5.75 Å². The molecule has 31 heavy (non-hydrogen) atoms. The van der Waals surface area contributed by atoms with Gasteiger partial charge in [-0.05, 0) is 38.8 Å². The Bertz CT molecular complexity index is 1120. The van der Waals surface area contributed by atoms with E-state index in [4.69, 9.17) is 9.26 Å². The second-order valence-electron chi connectivity index (χ2n) is 7.51. The first-order chi connectivity index (χ1) is 14.7. The second kappa shape index (κ2) is 7.75. The number of carbonyl (C=O) groups excluding carboxylic acids is 1. The summed E-state index contributed by atoms with van der Waals surface area (Å²) < 4.78 is 52.2. The van der Waals surface area contributed by atoms with E-state index >= 15 is 0 Å². The van der Waals surface area contributed by atoms with E-state index in [-0.39, 0.29) is 31.1 Å². The van der Waals surface area contributed by atoms with Gasteiger partial charge < -0.3 is 9.26 Å². The molecular formula is C21H21F3N4O3. The van der Waals surface area contributed by atoms with E-state index in [0.717, 1.165) is 10.2 Å². The maximum Gasteiger partial charge on any atom is 0.410 e. The lowest BCUT2D eigenvalue weighted by Gasteiger charge is -2.33. The molecule has 164 valence electrons. The molecule has 0 saturated heterocycles. The van der Waals surface area contributed by atoms with E-state index in [1.54, 1.807) is 13.8 Å². The van der Waals surface area contributed by atoms with Crippen molar-refractivity contribution in [2.24, 2.45) is 0 Å². The molecule has 1 aliphatic heterocycles. The number of carbonyl (C=O) groups is 1. The number of ether oxygens (including phenoxy) is 1. The molecule has 0 spiro atoms. The molecule has 1 atom stereocenters. The second-order valence-corrected chi connectivity index (χ2v) is 7.51. The van der Waals surface area contributed by atoms with Gasteiger partial charge >= 0.3 is 6.18 Å². The Hall–Kier alpha value is -3.30. The first-order valence-electron chi connectivity index (χ1n) is 9.75. The zero-order chi connectivity index (χ0) is 22.3. The lowest BCUT2D eigenvalue weighted by molar-refractivity contribution is -0.172. The Morgan fingerprint density at radius 1 is 1.26 bits per heavy atom. The van der Waals surface area contributed by atoms with Gasteiger partial charge in [0.15, 0.2) is 11.7 Å². The molecule has 1 amide bonds. The van der Waals surface area contributed by atoms with Crippen LogP contribution in [0.4, 0.5) is 19.0 Å². The number of amides is 1. The molecular weight excluding hydrogens is 413 g/mol. The summed E-state index contributed by atoms with van der Waals surface area (Å²) >= 11 is 0. The summed E-state index contributed by atoms with van der Waals surface area (Å²) in [6.45, 7) is 5.07. The van der Waals surface area contributed by atoms with Gasteiger partial charge in [-0.1, -0.05) is 23.4 Å². The van der Waals surface area contributed by atoms with Crippen molar-refractivity contribution in [2.45, 2.75) is 46.0 Å². The lowest BCUT2D eigenvalue weighted by atomic mass is 10.1. The van der Waals surface area contributed by atoms with E-state index in [1.807, 2.05) is 31.2 Å². The zero-order valence-electron chi connectivity index (χ0n) is 17.2. The summed E-state index contributed by atoms with van der Waals surface area (Å²) in [5.41, 5.74) is 1.79. The Balaban J connectivity index is 1.62. The normalized spacial score (nSPS) is 16.3. The standard InChI is InChI=1S/C21H21F3N4O3/c1-12-6-4-5-7-16(12)30-11-15-14(3)31-26-19(15)20(29)27-9-8-17(21(22,23)24)28-18(27)10-13(2)25-28/h4-7,10,17H,8-9,11H2,1-3H3. The van der Waals surface area contributed by atoms with Crippen LogP contribution in [0, 0.1) is 20.8 Å². The van der Waals surface area contributed by atoms with Crippen LogP contribution in [0.2, 0.25) is 0 Å². The van der Waals surface area contributed by atoms with Gasteiger partial charge in [0, 0.05) is 12.6 Å². The molecule has 1 aromatic carbocycles. The Labute approximate surface area is 176 Å². The van der Waals surface area contributed by atoms with Gasteiger partial charge in [0.1, 0.15) is 23.9 Å². The molecule has 3 aromatic rings. The number of benzene rings is 1. The van der Waals surface area contributed by atoms with Gasteiger partial charge in [0.2, 0.25) is 0 Å². The third kappa shape index (κ3) is 3.89. The summed E-state index contributed by atoms with van der Waals surface area (Å²) in [6.07, 6.45) is -4.76. The summed E-state index contributed by atoms with van der Waals surface area (Å²) in [5.74, 6) is 0.595. The summed E-state index contributed by atoms with van der Waals surface area (Å²) in [7, 11) is 0. The van der Waals surface area contributed by atoms with Crippen molar-refractivity contribution >= 4 is 11.7 Å². The Kier molecular flexibility index (Phi) is 5.24. The first-order valence-corrected chi connectivity index (χ1v) is 9.75. The van der Waals surface area contributed by atoms with E-state index < -0.39 is 18.1 Å². The Morgan fingerprint density at radius 2 is 2.00 bits per heavy atom. The minimum Gasteiger partial charge on any atom is -0.488 e. The van der Waals surface area contributed by atoms with Gasteiger partial charge in [-0.25, -0.2) is 4.68 Å². The first kappa shape index (κ1) is 21.0. The fourth-order valence-electron chi connectivity index (χ4n) is 3.66. The number of nitrogens with zero attached hydrogens (tertiary/aromatic N) is 4. The monoisotopic (exact) mass is 434 g/mol. The van der Waals surface area contributed by atoms with Crippen molar-refractivity contribution in [3.05, 3.63) is 58.6 Å². The highest BCUT2D eigenvalue weighted by Gasteiger charge is 2.46. The molecule has 0 radical (unpaired) electrons. The van der Waals surface area contributed by atoms with Gasteiger partial charge in [-0.2, -0.15) is 18.3 Å². The molecule has 2 aromatic heterocycles. The number of fused-ring (bicyclic) bond motifs is 1. The van der Waals surface area contributed by atoms with Crippen LogP contribution >= 0.6 is 0 Å². The summed E-state index contributed by atoms with van der Waals surface area (Å²) in [4.78, 5) is 14.5. The van der Waals surface area contributed by atoms with Crippen molar-refractivity contribution in [1.82, 2.24) is 14.9 Å². The van der Waals surface area contributed by atoms with E-state index in [0.29, 0.717) is 22.8 Å². The van der Waals surface area contributed by atoms with Gasteiger partial charge in [0.25, 0.3) is 5.91 Å². The van der Waals surface area contributed by atoms with Gasteiger partial charge in [-0.15, -0.1) is 0 Å². The van der Waals surface area contributed by atoms with E-state index in [9.17, 15) is 18.0 Å². The molecule has 4 rings (SSSR count). The minimum atomic E-state index is -4.46. The molecule has 1 unspecified atom stereocenters. The van der Waals surface area contributed by atoms with Crippen molar-refractivity contribution in [2.75, 3.05) is 11.4 Å². The number of aromatic nitrogens is 3. The fourth-order valence-corrected chi connectivity index (χ4v) is 3.66. The molecule has 0 bridgehead atoms. The van der Waals surface area contributed by atoms with Crippen LogP contribution in [0.1, 0.15) is 45.5 Å². The summed E-state index contributed by atoms with van der Waals surface area (Å²) in [5, 5.41) is 7.85. The van der Waals surface area contributed by atoms with Crippen LogP contribution in [-0.4, -0.2) is 33.6 Å². The average molecular weight is 434 g/mol. The van der Waals surface area contributed by atoms with E-state index in [1.165, 1.54) is 11.0 Å². The van der Waals surface area contributed by atoms with Crippen LogP contribution in [-0.2, 0) is 6.61 Å². The number of hydrogen-bond acceptors (Lipinski definition) is 5. The zero-order valence-corrected chi connectivity index (χ0v) is 17.2. The molecule has 0 aliphatic carbocycles. The third-order valence-electron chi connectivity index (χ3n) is 5.31. The number of hydrogen-bond donors (Lipinski definition) is 0. The minimum absolute atomic E-state index is 0.0157. The third-order valence-corrected chi connectivity index (χ3v) is 5.31. The topological polar surface area (TPSA) is 73.4 Å². The highest BCUT2D eigenvalue weighted by Crippen LogP contribution is 2.40. The number of alkyl halides is 3. The summed E-state index contributed by atoms with van der Waals surface area (Å²) in [6, 6.07) is 7.12. The van der Waals surface area contributed by atoms with Crippen molar-refractivity contribution in [3.63, 3.8) is 0 Å². The molecule has 0 N–H and O–H groups in total. The molecule has 0 fully saturated rings. The molecule has 0 saturated carbocycles. The fraction of sp³-hybridized carbons (Fsp3) is 0.381. The van der Waals surface area contributed by atoms with Gasteiger partial charge in [-0.3, -0.25) is 9.69 Å². The van der Waals surface area contributed by atoms with Crippen LogP contribution in [0.25, 0.3) is 0 Å². The Morgan fingerprint density at radius 3 is 2.71 bits per heavy atom. The number of para-hydroxylation sites is 1. The van der Waals surface area contributed by atoms with Crippen LogP contribution in [0.3, 0.4) is 0 Å². The van der Waals surface area contributed by atoms with E-state index in [2.05, 4.69) is 10.3 Å². The maximum atomic E-state index is 13.4. The van der Waals surface area contributed by atoms with Crippen molar-refractivity contribution in [1.29, 1.82) is 0 Å². The molecule has 1 aliphatic rings. The van der Waals surface area contributed by atoms with Crippen LogP contribution < -0.4 is 9.64 Å². The quantitative estimate of drug-likeness (QED) is 0.603.